The molecule has 35 heavy (non-hydrogen) atoms. The number of hydrogen-bond acceptors (Lipinski definition) is 4. The van der Waals surface area contributed by atoms with Crippen LogP contribution in [-0.2, 0) is 4.79 Å². The lowest BCUT2D eigenvalue weighted by Gasteiger charge is -2.40. The number of amides is 1. The van der Waals surface area contributed by atoms with Crippen LogP contribution >= 0.6 is 0 Å². The van der Waals surface area contributed by atoms with Gasteiger partial charge in [-0.15, -0.1) is 0 Å². The molecule has 1 N–H and O–H groups in total. The van der Waals surface area contributed by atoms with Crippen LogP contribution in [0.2, 0.25) is 0 Å². The van der Waals surface area contributed by atoms with Crippen molar-refractivity contribution in [3.63, 3.8) is 0 Å². The number of hydrogen-bond donors (Lipinski definition) is 1. The van der Waals surface area contributed by atoms with E-state index in [-0.39, 0.29) is 17.8 Å². The zero-order valence-corrected chi connectivity index (χ0v) is 20.0. The summed E-state index contributed by atoms with van der Waals surface area (Å²) < 4.78 is 13.5. The normalized spacial score (nSPS) is 15.8. The Hall–Kier alpha value is -3.35. The number of carbonyl (C=O) groups is 1. The van der Waals surface area contributed by atoms with Crippen LogP contribution in [0, 0.1) is 5.82 Å². The van der Waals surface area contributed by atoms with Gasteiger partial charge in [-0.25, -0.2) is 4.39 Å². The van der Waals surface area contributed by atoms with Crippen molar-refractivity contribution in [2.75, 3.05) is 39.3 Å². The van der Waals surface area contributed by atoms with Gasteiger partial charge in [-0.1, -0.05) is 48.5 Å². The molecule has 1 amide bonds. The molecule has 1 aliphatic rings. The summed E-state index contributed by atoms with van der Waals surface area (Å²) in [5.74, 6) is -0.277. The maximum Gasteiger partial charge on any atom is 0.243 e. The van der Waals surface area contributed by atoms with E-state index in [2.05, 4.69) is 44.4 Å². The van der Waals surface area contributed by atoms with Crippen LogP contribution in [0.25, 0.3) is 6.08 Å². The molecule has 1 aromatic heterocycles. The minimum Gasteiger partial charge on any atom is -0.353 e. The summed E-state index contributed by atoms with van der Waals surface area (Å²) in [6.45, 7) is 5.65. The van der Waals surface area contributed by atoms with Crippen LogP contribution in [0.15, 0.2) is 85.2 Å². The fraction of sp³-hybridized carbons (Fsp3) is 0.310. The van der Waals surface area contributed by atoms with Gasteiger partial charge in [0.05, 0.1) is 6.04 Å². The summed E-state index contributed by atoms with van der Waals surface area (Å²) in [4.78, 5) is 21.0. The lowest BCUT2D eigenvalue weighted by Crippen LogP contribution is -2.48. The number of pyridine rings is 1. The summed E-state index contributed by atoms with van der Waals surface area (Å²) in [6, 6.07) is 21.3. The summed E-state index contributed by atoms with van der Waals surface area (Å²) in [6.07, 6.45) is 8.77. The van der Waals surface area contributed by atoms with Gasteiger partial charge in [-0.05, 0) is 60.4 Å². The molecular weight excluding hydrogens is 439 g/mol. The van der Waals surface area contributed by atoms with Crippen LogP contribution in [-0.4, -0.2) is 60.0 Å². The fourth-order valence-corrected chi connectivity index (χ4v) is 4.52. The third kappa shape index (κ3) is 7.57. The van der Waals surface area contributed by atoms with Crippen molar-refractivity contribution in [1.29, 1.82) is 0 Å². The molecule has 2 aromatic carbocycles. The van der Waals surface area contributed by atoms with Gasteiger partial charge in [-0.2, -0.15) is 0 Å². The molecule has 6 heteroatoms. The molecular formula is C29H33FN4O. The zero-order chi connectivity index (χ0) is 24.3. The quantitative estimate of drug-likeness (QED) is 0.348. The molecule has 0 bridgehead atoms. The monoisotopic (exact) mass is 472 g/mol. The van der Waals surface area contributed by atoms with E-state index in [1.165, 1.54) is 5.56 Å². The number of rotatable bonds is 10. The molecule has 0 aliphatic carbocycles. The fourth-order valence-electron chi connectivity index (χ4n) is 4.52. The standard InChI is InChI=1S/C29H33FN4O/c30-27-13-11-26(12-14-27)29(25-8-2-1-3-9-25)34-21-19-33(20-22-34)18-5-4-17-32-28(35)15-10-24-7-6-16-31-23-24/h1-3,6-16,23,29H,4-5,17-22H2,(H,32,35)/b15-10+. The number of nitrogens with one attached hydrogen (secondary N) is 1. The van der Waals surface area contributed by atoms with Gasteiger partial charge in [0, 0.05) is 51.2 Å². The highest BCUT2D eigenvalue weighted by molar-refractivity contribution is 5.91. The van der Waals surface area contributed by atoms with Gasteiger partial charge in [0.2, 0.25) is 5.91 Å². The van der Waals surface area contributed by atoms with Gasteiger partial charge < -0.3 is 10.2 Å². The maximum absolute atomic E-state index is 13.5. The van der Waals surface area contributed by atoms with Crippen molar-refractivity contribution in [3.05, 3.63) is 108 Å². The Morgan fingerprint density at radius 2 is 1.69 bits per heavy atom. The number of aromatic nitrogens is 1. The second-order valence-corrected chi connectivity index (χ2v) is 8.86. The highest BCUT2D eigenvalue weighted by Crippen LogP contribution is 2.29. The number of unbranched alkanes of at least 4 members (excludes halogenated alkanes) is 1. The lowest BCUT2D eigenvalue weighted by molar-refractivity contribution is -0.116. The molecule has 1 saturated heterocycles. The number of halogens is 1. The second kappa shape index (κ2) is 12.9. The molecule has 4 rings (SSSR count). The first-order chi connectivity index (χ1) is 17.2. The Morgan fingerprint density at radius 1 is 0.943 bits per heavy atom. The van der Waals surface area contributed by atoms with Crippen molar-refractivity contribution in [1.82, 2.24) is 20.1 Å². The van der Waals surface area contributed by atoms with E-state index in [1.54, 1.807) is 36.7 Å². The zero-order valence-electron chi connectivity index (χ0n) is 20.0. The largest absolute Gasteiger partial charge is 0.353 e. The average Bonchev–Trinajstić information content (AvgIpc) is 2.90. The van der Waals surface area contributed by atoms with Crippen molar-refractivity contribution < 1.29 is 9.18 Å². The number of piperazine rings is 1. The Morgan fingerprint density at radius 3 is 2.40 bits per heavy atom. The number of benzene rings is 2. The van der Waals surface area contributed by atoms with E-state index in [0.29, 0.717) is 6.54 Å². The van der Waals surface area contributed by atoms with Gasteiger partial charge in [0.15, 0.2) is 0 Å². The highest BCUT2D eigenvalue weighted by Gasteiger charge is 2.26. The maximum atomic E-state index is 13.5. The van der Waals surface area contributed by atoms with E-state index in [0.717, 1.165) is 56.7 Å². The van der Waals surface area contributed by atoms with Gasteiger partial charge in [0.25, 0.3) is 0 Å². The van der Waals surface area contributed by atoms with Gasteiger partial charge in [-0.3, -0.25) is 14.7 Å². The third-order valence-corrected chi connectivity index (χ3v) is 6.39. The van der Waals surface area contributed by atoms with E-state index in [4.69, 9.17) is 0 Å². The minimum atomic E-state index is -0.203. The minimum absolute atomic E-state index is 0.0739. The van der Waals surface area contributed by atoms with Crippen LogP contribution in [0.1, 0.15) is 35.6 Å². The SMILES string of the molecule is O=C(/C=C/c1cccnc1)NCCCCN1CCN(C(c2ccccc2)c2ccc(F)cc2)CC1. The first-order valence-electron chi connectivity index (χ1n) is 12.3. The molecule has 1 fully saturated rings. The van der Waals surface area contributed by atoms with E-state index < -0.39 is 0 Å². The Labute approximate surface area is 207 Å². The Bertz CT molecular complexity index is 1060. The van der Waals surface area contributed by atoms with Crippen molar-refractivity contribution in [2.45, 2.75) is 18.9 Å². The summed E-state index contributed by atoms with van der Waals surface area (Å²) in [7, 11) is 0. The van der Waals surface area contributed by atoms with Crippen molar-refractivity contribution in [3.8, 4) is 0 Å². The first-order valence-corrected chi connectivity index (χ1v) is 12.3. The van der Waals surface area contributed by atoms with E-state index >= 15 is 0 Å². The number of nitrogens with zero attached hydrogens (tertiary/aromatic N) is 3. The molecule has 0 spiro atoms. The Kier molecular flexibility index (Phi) is 9.15. The average molecular weight is 473 g/mol. The molecule has 1 unspecified atom stereocenters. The molecule has 1 aliphatic heterocycles. The van der Waals surface area contributed by atoms with Gasteiger partial charge >= 0.3 is 0 Å². The predicted molar refractivity (Wildman–Crippen MR) is 138 cm³/mol. The van der Waals surface area contributed by atoms with Crippen LogP contribution < -0.4 is 5.32 Å². The van der Waals surface area contributed by atoms with Crippen LogP contribution in [0.3, 0.4) is 0 Å². The third-order valence-electron chi connectivity index (χ3n) is 6.39. The van der Waals surface area contributed by atoms with E-state index in [9.17, 15) is 9.18 Å². The van der Waals surface area contributed by atoms with E-state index in [1.807, 2.05) is 30.3 Å². The Balaban J connectivity index is 1.20. The number of carbonyl (C=O) groups excluding carboxylic acids is 1. The second-order valence-electron chi connectivity index (χ2n) is 8.86. The van der Waals surface area contributed by atoms with Crippen molar-refractivity contribution >= 4 is 12.0 Å². The molecule has 3 aromatic rings. The smallest absolute Gasteiger partial charge is 0.243 e. The van der Waals surface area contributed by atoms with Crippen LogP contribution in [0.4, 0.5) is 4.39 Å². The molecule has 5 nitrogen and oxygen atoms in total. The lowest BCUT2D eigenvalue weighted by atomic mass is 9.96. The first kappa shape index (κ1) is 24.8. The topological polar surface area (TPSA) is 48.5 Å². The summed E-state index contributed by atoms with van der Waals surface area (Å²) in [5, 5.41) is 2.95. The summed E-state index contributed by atoms with van der Waals surface area (Å²) in [5.41, 5.74) is 3.27. The molecule has 1 atom stereocenters. The van der Waals surface area contributed by atoms with Crippen LogP contribution in [0.5, 0.6) is 0 Å². The predicted octanol–water partition coefficient (Wildman–Crippen LogP) is 4.54. The highest BCUT2D eigenvalue weighted by atomic mass is 19.1. The molecule has 0 saturated carbocycles. The van der Waals surface area contributed by atoms with Gasteiger partial charge in [0.1, 0.15) is 5.82 Å². The summed E-state index contributed by atoms with van der Waals surface area (Å²) >= 11 is 0. The molecule has 182 valence electrons. The molecule has 0 radical (unpaired) electrons. The van der Waals surface area contributed by atoms with Crippen molar-refractivity contribution in [2.24, 2.45) is 0 Å². The molecule has 2 heterocycles.